The van der Waals surface area contributed by atoms with Crippen molar-refractivity contribution in [3.05, 3.63) is 0 Å². The highest BCUT2D eigenvalue weighted by molar-refractivity contribution is 4.85. The second-order valence-corrected chi connectivity index (χ2v) is 5.51. The number of halogens is 3. The number of rotatable bonds is 6. The molecule has 2 unspecified atom stereocenters. The van der Waals surface area contributed by atoms with Gasteiger partial charge in [0.05, 0.1) is 12.5 Å². The summed E-state index contributed by atoms with van der Waals surface area (Å²) in [4.78, 5) is 0. The Hall–Kier alpha value is -0.290. The molecule has 0 radical (unpaired) electrons. The monoisotopic (exact) mass is 265 g/mol. The summed E-state index contributed by atoms with van der Waals surface area (Å²) in [7, 11) is 0. The number of alkyl halides is 3. The summed E-state index contributed by atoms with van der Waals surface area (Å²) < 4.78 is 43.9. The Balaban J connectivity index is 1.64. The molecule has 0 aliphatic heterocycles. The van der Waals surface area contributed by atoms with E-state index >= 15 is 0 Å². The lowest BCUT2D eigenvalue weighted by Gasteiger charge is -2.33. The first kappa shape index (κ1) is 14.1. The normalized spacial score (nSPS) is 29.5. The summed E-state index contributed by atoms with van der Waals surface area (Å²) in [6.07, 6.45) is 0.913. The van der Waals surface area contributed by atoms with E-state index in [0.29, 0.717) is 31.9 Å². The molecule has 0 saturated heterocycles. The average molecular weight is 265 g/mol. The zero-order chi connectivity index (χ0) is 13.0. The molecule has 5 heteroatoms. The molecular formula is C13H22F3NO. The molecule has 0 heterocycles. The fourth-order valence-electron chi connectivity index (χ4n) is 2.62. The highest BCUT2D eigenvalue weighted by atomic mass is 19.4. The Kier molecular flexibility index (Phi) is 4.90. The highest BCUT2D eigenvalue weighted by Gasteiger charge is 2.45. The van der Waals surface area contributed by atoms with Gasteiger partial charge in [-0.25, -0.2) is 0 Å². The van der Waals surface area contributed by atoms with E-state index in [1.165, 1.54) is 12.8 Å². The zero-order valence-electron chi connectivity index (χ0n) is 10.6. The lowest BCUT2D eigenvalue weighted by Crippen LogP contribution is -2.46. The van der Waals surface area contributed by atoms with Crippen molar-refractivity contribution in [1.82, 2.24) is 5.32 Å². The molecule has 0 aromatic heterocycles. The van der Waals surface area contributed by atoms with Crippen LogP contribution in [0.25, 0.3) is 0 Å². The van der Waals surface area contributed by atoms with E-state index in [1.54, 1.807) is 0 Å². The molecule has 0 spiro atoms. The molecular weight excluding hydrogens is 243 g/mol. The van der Waals surface area contributed by atoms with Crippen LogP contribution in [0.4, 0.5) is 13.2 Å². The third-order valence-corrected chi connectivity index (χ3v) is 3.89. The summed E-state index contributed by atoms with van der Waals surface area (Å²) in [5.41, 5.74) is 0. The fraction of sp³-hybridized carbons (Fsp3) is 1.00. The lowest BCUT2D eigenvalue weighted by molar-refractivity contribution is -0.189. The quantitative estimate of drug-likeness (QED) is 0.745. The van der Waals surface area contributed by atoms with E-state index < -0.39 is 18.1 Å². The summed E-state index contributed by atoms with van der Waals surface area (Å²) in [6.45, 7) is 1.83. The van der Waals surface area contributed by atoms with Gasteiger partial charge in [0, 0.05) is 19.2 Å². The van der Waals surface area contributed by atoms with E-state index in [1.807, 2.05) is 0 Å². The average Bonchev–Trinajstić information content (AvgIpc) is 3.12. The Morgan fingerprint density at radius 3 is 2.44 bits per heavy atom. The van der Waals surface area contributed by atoms with Crippen LogP contribution < -0.4 is 5.32 Å². The first-order chi connectivity index (χ1) is 8.57. The molecule has 2 aliphatic carbocycles. The molecule has 2 nitrogen and oxygen atoms in total. The second kappa shape index (κ2) is 6.24. The standard InChI is InChI=1S/C13H22F3NO/c14-13(15,16)11-3-1-2-4-12(11)17-7-8-18-9-10-5-6-10/h10-12,17H,1-9H2. The van der Waals surface area contributed by atoms with Gasteiger partial charge in [0.2, 0.25) is 0 Å². The van der Waals surface area contributed by atoms with E-state index in [-0.39, 0.29) is 6.42 Å². The highest BCUT2D eigenvalue weighted by Crippen LogP contribution is 2.37. The van der Waals surface area contributed by atoms with Gasteiger partial charge in [-0.15, -0.1) is 0 Å². The third-order valence-electron chi connectivity index (χ3n) is 3.89. The zero-order valence-corrected chi connectivity index (χ0v) is 10.6. The first-order valence-electron chi connectivity index (χ1n) is 6.95. The topological polar surface area (TPSA) is 21.3 Å². The Morgan fingerprint density at radius 2 is 1.78 bits per heavy atom. The minimum absolute atomic E-state index is 0.268. The van der Waals surface area contributed by atoms with Gasteiger partial charge in [0.15, 0.2) is 0 Å². The van der Waals surface area contributed by atoms with Gasteiger partial charge >= 0.3 is 6.18 Å². The van der Waals surface area contributed by atoms with E-state index in [9.17, 15) is 13.2 Å². The largest absolute Gasteiger partial charge is 0.393 e. The fourth-order valence-corrected chi connectivity index (χ4v) is 2.62. The number of hydrogen-bond donors (Lipinski definition) is 1. The van der Waals surface area contributed by atoms with Crippen LogP contribution in [0.3, 0.4) is 0 Å². The van der Waals surface area contributed by atoms with Crippen molar-refractivity contribution in [1.29, 1.82) is 0 Å². The molecule has 2 rings (SSSR count). The molecule has 106 valence electrons. The molecule has 0 aromatic rings. The first-order valence-corrected chi connectivity index (χ1v) is 6.95. The van der Waals surface area contributed by atoms with Gasteiger partial charge in [0.1, 0.15) is 0 Å². The Morgan fingerprint density at radius 1 is 1.06 bits per heavy atom. The molecule has 0 bridgehead atoms. The number of hydrogen-bond acceptors (Lipinski definition) is 2. The van der Waals surface area contributed by atoms with Crippen LogP contribution >= 0.6 is 0 Å². The van der Waals surface area contributed by atoms with Gasteiger partial charge in [-0.1, -0.05) is 12.8 Å². The van der Waals surface area contributed by atoms with Crippen molar-refractivity contribution in [2.75, 3.05) is 19.8 Å². The maximum absolute atomic E-state index is 12.8. The molecule has 1 N–H and O–H groups in total. The Labute approximate surface area is 106 Å². The van der Waals surface area contributed by atoms with Gasteiger partial charge in [-0.2, -0.15) is 13.2 Å². The number of ether oxygens (including phenoxy) is 1. The second-order valence-electron chi connectivity index (χ2n) is 5.51. The number of nitrogens with one attached hydrogen (secondary N) is 1. The Bertz CT molecular complexity index is 253. The SMILES string of the molecule is FC(F)(F)C1CCCCC1NCCOCC1CC1. The predicted octanol–water partition coefficient (Wildman–Crippen LogP) is 3.12. The smallest absolute Gasteiger partial charge is 0.380 e. The molecule has 2 fully saturated rings. The van der Waals surface area contributed by atoms with E-state index in [2.05, 4.69) is 5.32 Å². The maximum Gasteiger partial charge on any atom is 0.393 e. The molecule has 18 heavy (non-hydrogen) atoms. The van der Waals surface area contributed by atoms with Crippen LogP contribution in [0, 0.1) is 11.8 Å². The van der Waals surface area contributed by atoms with E-state index in [0.717, 1.165) is 13.0 Å². The summed E-state index contributed by atoms with van der Waals surface area (Å²) in [6, 6.07) is -0.414. The lowest BCUT2D eigenvalue weighted by atomic mass is 9.84. The van der Waals surface area contributed by atoms with Crippen molar-refractivity contribution in [3.63, 3.8) is 0 Å². The maximum atomic E-state index is 12.8. The summed E-state index contributed by atoms with van der Waals surface area (Å²) >= 11 is 0. The minimum Gasteiger partial charge on any atom is -0.380 e. The van der Waals surface area contributed by atoms with Crippen molar-refractivity contribution < 1.29 is 17.9 Å². The molecule has 0 aromatic carbocycles. The van der Waals surface area contributed by atoms with Crippen molar-refractivity contribution in [3.8, 4) is 0 Å². The van der Waals surface area contributed by atoms with Crippen molar-refractivity contribution in [2.45, 2.75) is 50.7 Å². The van der Waals surface area contributed by atoms with Crippen LogP contribution in [-0.2, 0) is 4.74 Å². The summed E-state index contributed by atoms with van der Waals surface area (Å²) in [5.74, 6) is -0.461. The third kappa shape index (κ3) is 4.43. The van der Waals surface area contributed by atoms with Gasteiger partial charge < -0.3 is 10.1 Å². The molecule has 0 amide bonds. The predicted molar refractivity (Wildman–Crippen MR) is 63.3 cm³/mol. The van der Waals surface area contributed by atoms with Crippen LogP contribution in [0.1, 0.15) is 38.5 Å². The van der Waals surface area contributed by atoms with Crippen molar-refractivity contribution in [2.24, 2.45) is 11.8 Å². The van der Waals surface area contributed by atoms with E-state index in [4.69, 9.17) is 4.74 Å². The minimum atomic E-state index is -4.06. The van der Waals surface area contributed by atoms with Crippen LogP contribution in [-0.4, -0.2) is 32.0 Å². The molecule has 2 saturated carbocycles. The van der Waals surface area contributed by atoms with Gasteiger partial charge in [0.25, 0.3) is 0 Å². The van der Waals surface area contributed by atoms with Crippen LogP contribution in [0.2, 0.25) is 0 Å². The molecule has 2 aliphatic rings. The van der Waals surface area contributed by atoms with Gasteiger partial charge in [-0.05, 0) is 31.6 Å². The van der Waals surface area contributed by atoms with Crippen molar-refractivity contribution >= 4 is 0 Å². The van der Waals surface area contributed by atoms with Crippen LogP contribution in [0.5, 0.6) is 0 Å². The van der Waals surface area contributed by atoms with Crippen LogP contribution in [0.15, 0.2) is 0 Å². The molecule has 2 atom stereocenters. The van der Waals surface area contributed by atoms with Gasteiger partial charge in [-0.3, -0.25) is 0 Å². The summed E-state index contributed by atoms with van der Waals surface area (Å²) in [5, 5.41) is 3.03.